The zero-order chi connectivity index (χ0) is 14.4. The van der Waals surface area contributed by atoms with Gasteiger partial charge in [0.25, 0.3) is 5.91 Å². The highest BCUT2D eigenvalue weighted by atomic mass is 16.1. The SMILES string of the molecule is CCc1nccn1CCCNC(=O)c1ccc(C)cc1. The van der Waals surface area contributed by atoms with Crippen molar-refractivity contribution in [2.75, 3.05) is 6.54 Å². The van der Waals surface area contributed by atoms with Gasteiger partial charge in [0.05, 0.1) is 0 Å². The molecule has 0 unspecified atom stereocenters. The highest BCUT2D eigenvalue weighted by Crippen LogP contribution is 2.03. The number of carbonyl (C=O) groups is 1. The summed E-state index contributed by atoms with van der Waals surface area (Å²) in [5, 5.41) is 2.95. The summed E-state index contributed by atoms with van der Waals surface area (Å²) >= 11 is 0. The molecule has 106 valence electrons. The number of carbonyl (C=O) groups excluding carboxylic acids is 1. The second-order valence-electron chi connectivity index (χ2n) is 4.87. The van der Waals surface area contributed by atoms with E-state index in [4.69, 9.17) is 0 Å². The Morgan fingerprint density at radius 3 is 2.75 bits per heavy atom. The van der Waals surface area contributed by atoms with Gasteiger partial charge in [-0.3, -0.25) is 4.79 Å². The van der Waals surface area contributed by atoms with Crippen molar-refractivity contribution < 1.29 is 4.79 Å². The lowest BCUT2D eigenvalue weighted by Gasteiger charge is -2.08. The maximum absolute atomic E-state index is 11.9. The molecule has 0 spiro atoms. The lowest BCUT2D eigenvalue weighted by atomic mass is 10.1. The molecule has 0 radical (unpaired) electrons. The molecular formula is C16H21N3O. The lowest BCUT2D eigenvalue weighted by Crippen LogP contribution is -2.25. The summed E-state index contributed by atoms with van der Waals surface area (Å²) in [6.07, 6.45) is 5.65. The normalized spacial score (nSPS) is 10.5. The number of amides is 1. The van der Waals surface area contributed by atoms with Gasteiger partial charge in [0, 0.05) is 37.5 Å². The van der Waals surface area contributed by atoms with Crippen molar-refractivity contribution in [1.29, 1.82) is 0 Å². The van der Waals surface area contributed by atoms with E-state index in [-0.39, 0.29) is 5.91 Å². The van der Waals surface area contributed by atoms with Crippen molar-refractivity contribution in [3.8, 4) is 0 Å². The van der Waals surface area contributed by atoms with Gasteiger partial charge in [0.15, 0.2) is 0 Å². The first-order valence-corrected chi connectivity index (χ1v) is 7.05. The van der Waals surface area contributed by atoms with Crippen LogP contribution in [0.15, 0.2) is 36.7 Å². The molecule has 0 aliphatic carbocycles. The second-order valence-corrected chi connectivity index (χ2v) is 4.87. The summed E-state index contributed by atoms with van der Waals surface area (Å²) in [6, 6.07) is 7.62. The molecule has 0 aliphatic rings. The molecule has 0 aliphatic heterocycles. The molecule has 4 heteroatoms. The Hall–Kier alpha value is -2.10. The number of aromatic nitrogens is 2. The molecule has 0 bridgehead atoms. The first-order chi connectivity index (χ1) is 9.70. The predicted octanol–water partition coefficient (Wildman–Crippen LogP) is 2.57. The Morgan fingerprint density at radius 1 is 1.30 bits per heavy atom. The minimum Gasteiger partial charge on any atom is -0.352 e. The number of hydrogen-bond donors (Lipinski definition) is 1. The molecule has 0 atom stereocenters. The number of nitrogens with one attached hydrogen (secondary N) is 1. The van der Waals surface area contributed by atoms with Gasteiger partial charge in [0.2, 0.25) is 0 Å². The van der Waals surface area contributed by atoms with E-state index < -0.39 is 0 Å². The Kier molecular flexibility index (Phi) is 4.93. The molecule has 1 N–H and O–H groups in total. The van der Waals surface area contributed by atoms with Crippen LogP contribution in [0.1, 0.15) is 35.1 Å². The molecule has 20 heavy (non-hydrogen) atoms. The van der Waals surface area contributed by atoms with Crippen LogP contribution in [0.2, 0.25) is 0 Å². The fourth-order valence-electron chi connectivity index (χ4n) is 2.12. The number of benzene rings is 1. The largest absolute Gasteiger partial charge is 0.352 e. The summed E-state index contributed by atoms with van der Waals surface area (Å²) in [7, 11) is 0. The molecule has 1 aromatic heterocycles. The Bertz CT molecular complexity index is 557. The van der Waals surface area contributed by atoms with Gasteiger partial charge in [-0.15, -0.1) is 0 Å². The summed E-state index contributed by atoms with van der Waals surface area (Å²) in [5.41, 5.74) is 1.88. The molecule has 1 heterocycles. The number of aryl methyl sites for hydroxylation is 3. The summed E-state index contributed by atoms with van der Waals surface area (Å²) in [5.74, 6) is 1.08. The molecule has 0 fully saturated rings. The lowest BCUT2D eigenvalue weighted by molar-refractivity contribution is 0.0952. The maximum atomic E-state index is 11.9. The van der Waals surface area contributed by atoms with Crippen molar-refractivity contribution in [3.05, 3.63) is 53.6 Å². The van der Waals surface area contributed by atoms with Crippen LogP contribution in [0.25, 0.3) is 0 Å². The van der Waals surface area contributed by atoms with Gasteiger partial charge in [-0.25, -0.2) is 4.98 Å². The van der Waals surface area contributed by atoms with Crippen LogP contribution in [-0.2, 0) is 13.0 Å². The van der Waals surface area contributed by atoms with Gasteiger partial charge in [-0.05, 0) is 25.5 Å². The Balaban J connectivity index is 1.76. The van der Waals surface area contributed by atoms with Crippen LogP contribution in [0.5, 0.6) is 0 Å². The van der Waals surface area contributed by atoms with E-state index in [1.807, 2.05) is 43.6 Å². The summed E-state index contributed by atoms with van der Waals surface area (Å²) in [4.78, 5) is 16.2. The quantitative estimate of drug-likeness (QED) is 0.821. The summed E-state index contributed by atoms with van der Waals surface area (Å²) < 4.78 is 2.14. The number of imidazole rings is 1. The van der Waals surface area contributed by atoms with E-state index in [0.717, 1.165) is 30.8 Å². The standard InChI is InChI=1S/C16H21N3O/c1-3-15-17-10-12-19(15)11-4-9-18-16(20)14-7-5-13(2)6-8-14/h5-8,10,12H,3-4,9,11H2,1-2H3,(H,18,20). The minimum absolute atomic E-state index is 0.00801. The third-order valence-electron chi connectivity index (χ3n) is 3.29. The molecule has 1 amide bonds. The Labute approximate surface area is 119 Å². The van der Waals surface area contributed by atoms with Gasteiger partial charge >= 0.3 is 0 Å². The van der Waals surface area contributed by atoms with E-state index in [9.17, 15) is 4.79 Å². The fourth-order valence-corrected chi connectivity index (χ4v) is 2.12. The molecule has 0 saturated heterocycles. The zero-order valence-electron chi connectivity index (χ0n) is 12.1. The van der Waals surface area contributed by atoms with E-state index in [2.05, 4.69) is 21.8 Å². The smallest absolute Gasteiger partial charge is 0.251 e. The van der Waals surface area contributed by atoms with Crippen molar-refractivity contribution in [2.24, 2.45) is 0 Å². The third-order valence-corrected chi connectivity index (χ3v) is 3.29. The molecule has 1 aromatic carbocycles. The second kappa shape index (κ2) is 6.89. The predicted molar refractivity (Wildman–Crippen MR) is 79.7 cm³/mol. The molecule has 2 aromatic rings. The van der Waals surface area contributed by atoms with Crippen molar-refractivity contribution in [2.45, 2.75) is 33.2 Å². The van der Waals surface area contributed by atoms with Gasteiger partial charge in [0.1, 0.15) is 5.82 Å². The number of hydrogen-bond acceptors (Lipinski definition) is 2. The first kappa shape index (κ1) is 14.3. The fraction of sp³-hybridized carbons (Fsp3) is 0.375. The van der Waals surface area contributed by atoms with E-state index in [0.29, 0.717) is 12.1 Å². The van der Waals surface area contributed by atoms with E-state index in [1.54, 1.807) is 0 Å². The van der Waals surface area contributed by atoms with Crippen molar-refractivity contribution in [3.63, 3.8) is 0 Å². The summed E-state index contributed by atoms with van der Waals surface area (Å²) in [6.45, 7) is 5.67. The van der Waals surface area contributed by atoms with Crippen LogP contribution < -0.4 is 5.32 Å². The highest BCUT2D eigenvalue weighted by Gasteiger charge is 2.04. The number of nitrogens with zero attached hydrogens (tertiary/aromatic N) is 2. The molecule has 2 rings (SSSR count). The van der Waals surface area contributed by atoms with Gasteiger partial charge < -0.3 is 9.88 Å². The average Bonchev–Trinajstić information content (AvgIpc) is 2.91. The maximum Gasteiger partial charge on any atom is 0.251 e. The van der Waals surface area contributed by atoms with E-state index >= 15 is 0 Å². The van der Waals surface area contributed by atoms with Crippen LogP contribution in [-0.4, -0.2) is 22.0 Å². The van der Waals surface area contributed by atoms with E-state index in [1.165, 1.54) is 0 Å². The molecule has 0 saturated carbocycles. The molecule has 4 nitrogen and oxygen atoms in total. The van der Waals surface area contributed by atoms with Crippen molar-refractivity contribution >= 4 is 5.91 Å². The minimum atomic E-state index is -0.00801. The third kappa shape index (κ3) is 3.70. The first-order valence-electron chi connectivity index (χ1n) is 7.05. The topological polar surface area (TPSA) is 46.9 Å². The van der Waals surface area contributed by atoms with Crippen molar-refractivity contribution in [1.82, 2.24) is 14.9 Å². The highest BCUT2D eigenvalue weighted by molar-refractivity contribution is 5.94. The molecular weight excluding hydrogens is 250 g/mol. The Morgan fingerprint density at radius 2 is 2.05 bits per heavy atom. The van der Waals surface area contributed by atoms with Gasteiger partial charge in [-0.2, -0.15) is 0 Å². The van der Waals surface area contributed by atoms with Crippen LogP contribution in [0.4, 0.5) is 0 Å². The van der Waals surface area contributed by atoms with Crippen LogP contribution in [0.3, 0.4) is 0 Å². The number of rotatable bonds is 6. The van der Waals surface area contributed by atoms with Crippen LogP contribution >= 0.6 is 0 Å². The van der Waals surface area contributed by atoms with Crippen LogP contribution in [0, 0.1) is 6.92 Å². The zero-order valence-corrected chi connectivity index (χ0v) is 12.1. The monoisotopic (exact) mass is 271 g/mol. The van der Waals surface area contributed by atoms with Gasteiger partial charge in [-0.1, -0.05) is 24.6 Å². The average molecular weight is 271 g/mol.